The van der Waals surface area contributed by atoms with Crippen molar-refractivity contribution in [3.63, 3.8) is 0 Å². The Morgan fingerprint density at radius 2 is 2.03 bits per heavy atom. The zero-order chi connectivity index (χ0) is 21.0. The molecule has 2 aliphatic heterocycles. The van der Waals surface area contributed by atoms with Gasteiger partial charge in [0.15, 0.2) is 0 Å². The van der Waals surface area contributed by atoms with E-state index in [9.17, 15) is 4.21 Å². The maximum absolute atomic E-state index is 12.1. The minimum Gasteiger partial charge on any atom is -0.494 e. The second kappa shape index (κ2) is 9.58. The molecule has 0 saturated carbocycles. The zero-order valence-corrected chi connectivity index (χ0v) is 19.2. The number of rotatable bonds is 7. The smallest absolute Gasteiger partial charge is 0.147 e. The largest absolute Gasteiger partial charge is 0.494 e. The standard InChI is InChI=1S/C22H30N4O2S2/c1-30(27,29)26-13-8-19-15-21(5-4-20(19)17-26)28-14-2-3-18-6-11-25(12-7-18)22-16-23-9-10-24-22/h4-5,9-10,15-16,18H,2-3,6-8,11-14,17H2,1H3. The summed E-state index contributed by atoms with van der Waals surface area (Å²) >= 11 is 5.14. The van der Waals surface area contributed by atoms with Gasteiger partial charge in [-0.15, -0.1) is 0 Å². The van der Waals surface area contributed by atoms with Gasteiger partial charge in [0.25, 0.3) is 0 Å². The van der Waals surface area contributed by atoms with Gasteiger partial charge in [-0.3, -0.25) is 4.98 Å². The molecule has 1 unspecified atom stereocenters. The zero-order valence-electron chi connectivity index (χ0n) is 17.5. The van der Waals surface area contributed by atoms with Crippen LogP contribution in [-0.4, -0.2) is 51.0 Å². The van der Waals surface area contributed by atoms with Crippen molar-refractivity contribution in [1.82, 2.24) is 14.3 Å². The van der Waals surface area contributed by atoms with Crippen LogP contribution in [0.4, 0.5) is 5.82 Å². The van der Waals surface area contributed by atoms with Gasteiger partial charge in [0, 0.05) is 44.8 Å². The number of hydrogen-bond donors (Lipinski definition) is 0. The van der Waals surface area contributed by atoms with Gasteiger partial charge in [-0.1, -0.05) is 6.07 Å². The molecule has 3 heterocycles. The summed E-state index contributed by atoms with van der Waals surface area (Å²) in [6.07, 6.45) is 12.5. The lowest BCUT2D eigenvalue weighted by molar-refractivity contribution is 0.278. The van der Waals surface area contributed by atoms with Crippen molar-refractivity contribution in [1.29, 1.82) is 0 Å². The van der Waals surface area contributed by atoms with Gasteiger partial charge in [-0.2, -0.15) is 0 Å². The van der Waals surface area contributed by atoms with Crippen LogP contribution in [0.3, 0.4) is 0 Å². The molecule has 0 aliphatic carbocycles. The molecule has 0 radical (unpaired) electrons. The van der Waals surface area contributed by atoms with Crippen molar-refractivity contribution in [3.8, 4) is 5.75 Å². The minimum absolute atomic E-state index is 0.668. The summed E-state index contributed by atoms with van der Waals surface area (Å²) < 4.78 is 20.1. The summed E-state index contributed by atoms with van der Waals surface area (Å²) in [5.74, 6) is 2.69. The molecule has 0 bridgehead atoms. The van der Waals surface area contributed by atoms with Crippen LogP contribution in [0, 0.1) is 5.92 Å². The Hall–Kier alpha value is -1.77. The number of piperidine rings is 1. The number of anilines is 1. The van der Waals surface area contributed by atoms with E-state index >= 15 is 0 Å². The van der Waals surface area contributed by atoms with Gasteiger partial charge >= 0.3 is 0 Å². The van der Waals surface area contributed by atoms with Gasteiger partial charge < -0.3 is 9.64 Å². The molecule has 8 heteroatoms. The highest BCUT2D eigenvalue weighted by molar-refractivity contribution is 8.31. The molecule has 1 saturated heterocycles. The van der Waals surface area contributed by atoms with Gasteiger partial charge in [-0.05, 0) is 72.5 Å². The van der Waals surface area contributed by atoms with Crippen LogP contribution in [-0.2, 0) is 32.8 Å². The molecule has 30 heavy (non-hydrogen) atoms. The van der Waals surface area contributed by atoms with Crippen molar-refractivity contribution in [2.24, 2.45) is 5.92 Å². The molecule has 0 N–H and O–H groups in total. The molecule has 1 aromatic heterocycles. The predicted molar refractivity (Wildman–Crippen MR) is 124 cm³/mol. The molecule has 1 fully saturated rings. The first kappa shape index (κ1) is 21.5. The Bertz CT molecular complexity index is 945. The van der Waals surface area contributed by atoms with Crippen LogP contribution in [0.1, 0.15) is 36.8 Å². The van der Waals surface area contributed by atoms with Crippen molar-refractivity contribution in [2.75, 3.05) is 37.4 Å². The molecule has 2 aromatic rings. The first-order chi connectivity index (χ1) is 14.5. The molecule has 4 rings (SSSR count). The number of hydrogen-bond acceptors (Lipinski definition) is 6. The van der Waals surface area contributed by atoms with E-state index in [0.717, 1.165) is 56.6 Å². The third-order valence-corrected chi connectivity index (χ3v) is 8.02. The number of nitrogens with zero attached hydrogens (tertiary/aromatic N) is 4. The highest BCUT2D eigenvalue weighted by atomic mass is 32.8. The van der Waals surface area contributed by atoms with E-state index in [-0.39, 0.29) is 0 Å². The number of aromatic nitrogens is 2. The highest BCUT2D eigenvalue weighted by Crippen LogP contribution is 2.27. The summed E-state index contributed by atoms with van der Waals surface area (Å²) in [6, 6.07) is 6.27. The van der Waals surface area contributed by atoms with Crippen molar-refractivity contribution in [3.05, 3.63) is 47.9 Å². The molecular weight excluding hydrogens is 416 g/mol. The maximum atomic E-state index is 12.1. The Kier molecular flexibility index (Phi) is 6.85. The van der Waals surface area contributed by atoms with Crippen LogP contribution in [0.25, 0.3) is 0 Å². The second-order valence-electron chi connectivity index (χ2n) is 8.26. The monoisotopic (exact) mass is 446 g/mol. The quantitative estimate of drug-likeness (QED) is 0.609. The molecule has 162 valence electrons. The number of ether oxygens (including phenoxy) is 1. The van der Waals surface area contributed by atoms with Crippen LogP contribution < -0.4 is 9.64 Å². The Balaban J connectivity index is 1.19. The minimum atomic E-state index is -2.30. The summed E-state index contributed by atoms with van der Waals surface area (Å²) in [6.45, 7) is 4.29. The van der Waals surface area contributed by atoms with E-state index in [4.69, 9.17) is 15.9 Å². The number of benzene rings is 1. The van der Waals surface area contributed by atoms with E-state index in [1.54, 1.807) is 18.6 Å². The molecule has 6 nitrogen and oxygen atoms in total. The molecule has 1 aromatic carbocycles. The van der Waals surface area contributed by atoms with E-state index in [0.29, 0.717) is 6.54 Å². The number of fused-ring (bicyclic) bond motifs is 1. The van der Waals surface area contributed by atoms with Crippen molar-refractivity contribution >= 4 is 25.7 Å². The van der Waals surface area contributed by atoms with Crippen LogP contribution >= 0.6 is 0 Å². The van der Waals surface area contributed by atoms with Crippen LogP contribution in [0.5, 0.6) is 5.75 Å². The highest BCUT2D eigenvalue weighted by Gasteiger charge is 2.22. The Morgan fingerprint density at radius 1 is 1.20 bits per heavy atom. The van der Waals surface area contributed by atoms with Crippen LogP contribution in [0.2, 0.25) is 0 Å². The van der Waals surface area contributed by atoms with Gasteiger partial charge in [0.2, 0.25) is 0 Å². The van der Waals surface area contributed by atoms with E-state index in [1.807, 2.05) is 16.6 Å². The second-order valence-corrected chi connectivity index (χ2v) is 12.1. The third kappa shape index (κ3) is 5.47. The van der Waals surface area contributed by atoms with Gasteiger partial charge in [-0.25, -0.2) is 13.5 Å². The Morgan fingerprint density at radius 3 is 2.77 bits per heavy atom. The summed E-state index contributed by atoms with van der Waals surface area (Å²) in [4.78, 5) is 10.9. The van der Waals surface area contributed by atoms with Crippen LogP contribution in [0.15, 0.2) is 36.8 Å². The summed E-state index contributed by atoms with van der Waals surface area (Å²) in [5, 5.41) is 0. The molecule has 0 spiro atoms. The van der Waals surface area contributed by atoms with Crippen molar-refractivity contribution in [2.45, 2.75) is 38.6 Å². The Labute approximate surface area is 184 Å². The molecule has 0 amide bonds. The fourth-order valence-electron chi connectivity index (χ4n) is 4.34. The lowest BCUT2D eigenvalue weighted by atomic mass is 9.92. The maximum Gasteiger partial charge on any atom is 0.147 e. The van der Waals surface area contributed by atoms with E-state index in [1.165, 1.54) is 30.4 Å². The van der Waals surface area contributed by atoms with E-state index < -0.39 is 8.68 Å². The average Bonchev–Trinajstić information content (AvgIpc) is 2.77. The fourth-order valence-corrected chi connectivity index (χ4v) is 5.52. The first-order valence-electron chi connectivity index (χ1n) is 10.7. The fraction of sp³-hybridized carbons (Fsp3) is 0.545. The third-order valence-electron chi connectivity index (χ3n) is 6.14. The van der Waals surface area contributed by atoms with Crippen molar-refractivity contribution < 1.29 is 8.95 Å². The van der Waals surface area contributed by atoms with Gasteiger partial charge in [0.05, 0.1) is 21.5 Å². The molecule has 2 aliphatic rings. The lowest BCUT2D eigenvalue weighted by Crippen LogP contribution is -2.34. The first-order valence-corrected chi connectivity index (χ1v) is 13.5. The summed E-state index contributed by atoms with van der Waals surface area (Å²) in [5.41, 5.74) is 2.50. The summed E-state index contributed by atoms with van der Waals surface area (Å²) in [7, 11) is -2.30. The predicted octanol–water partition coefficient (Wildman–Crippen LogP) is 3.20. The lowest BCUT2D eigenvalue weighted by Gasteiger charge is -2.32. The molecular formula is C22H30N4O2S2. The topological polar surface area (TPSA) is 58.6 Å². The van der Waals surface area contributed by atoms with E-state index in [2.05, 4.69) is 27.0 Å². The van der Waals surface area contributed by atoms with Gasteiger partial charge in [0.1, 0.15) is 11.6 Å². The average molecular weight is 447 g/mol. The normalized spacial score (nSPS) is 19.8. The molecule has 1 atom stereocenters. The SMILES string of the molecule is CS(=O)(=S)N1CCc2cc(OCCCC3CCN(c4cnccn4)CC3)ccc2C1.